The molecule has 1 N–H and O–H groups in total. The first-order valence-corrected chi connectivity index (χ1v) is 5.59. The maximum Gasteiger partial charge on any atom is 0.338 e. The number of hydrogen-bond donors (Lipinski definition) is 1. The van der Waals surface area contributed by atoms with Crippen molar-refractivity contribution in [1.82, 2.24) is 0 Å². The Kier molecular flexibility index (Phi) is 4.59. The monoisotopic (exact) mass is 262 g/mol. The van der Waals surface area contributed by atoms with Crippen LogP contribution in [-0.2, 0) is 4.74 Å². The zero-order valence-corrected chi connectivity index (χ0v) is 10.2. The average molecular weight is 263 g/mol. The van der Waals surface area contributed by atoms with Crippen LogP contribution in [0.1, 0.15) is 17.3 Å². The van der Waals surface area contributed by atoms with Gasteiger partial charge in [-0.05, 0) is 19.1 Å². The molecule has 0 bridgehead atoms. The second kappa shape index (κ2) is 5.53. The SMILES string of the molecule is CC(O)(Cl)C(CCl)OC(=O)c1ccccc1. The van der Waals surface area contributed by atoms with Crippen LogP contribution in [0, 0.1) is 0 Å². The lowest BCUT2D eigenvalue weighted by atomic mass is 10.2. The second-order valence-electron chi connectivity index (χ2n) is 3.44. The fourth-order valence-corrected chi connectivity index (χ4v) is 1.62. The summed E-state index contributed by atoms with van der Waals surface area (Å²) in [6, 6.07) is 8.43. The van der Waals surface area contributed by atoms with Gasteiger partial charge in [0.25, 0.3) is 0 Å². The number of halogens is 2. The van der Waals surface area contributed by atoms with E-state index in [4.69, 9.17) is 27.9 Å². The highest BCUT2D eigenvalue weighted by Gasteiger charge is 2.32. The van der Waals surface area contributed by atoms with Crippen LogP contribution in [0.5, 0.6) is 0 Å². The van der Waals surface area contributed by atoms with Gasteiger partial charge in [-0.15, -0.1) is 11.6 Å². The van der Waals surface area contributed by atoms with Crippen molar-refractivity contribution < 1.29 is 14.6 Å². The van der Waals surface area contributed by atoms with Gasteiger partial charge in [0.05, 0.1) is 11.4 Å². The lowest BCUT2D eigenvalue weighted by Gasteiger charge is -2.24. The van der Waals surface area contributed by atoms with E-state index in [9.17, 15) is 9.90 Å². The lowest BCUT2D eigenvalue weighted by molar-refractivity contribution is -0.0209. The number of ether oxygens (including phenoxy) is 1. The van der Waals surface area contributed by atoms with Crippen LogP contribution in [0.2, 0.25) is 0 Å². The summed E-state index contributed by atoms with van der Waals surface area (Å²) < 4.78 is 5.00. The number of esters is 1. The summed E-state index contributed by atoms with van der Waals surface area (Å²) in [6.45, 7) is 1.32. The van der Waals surface area contributed by atoms with Crippen LogP contribution in [0.15, 0.2) is 30.3 Å². The molecule has 0 saturated heterocycles. The molecule has 0 aliphatic carbocycles. The Hall–Kier alpha value is -0.770. The van der Waals surface area contributed by atoms with Crippen LogP contribution in [0.25, 0.3) is 0 Å². The standard InChI is InChI=1S/C11H12Cl2O3/c1-11(13,15)9(7-12)16-10(14)8-5-3-2-4-6-8/h2-6,9,15H,7H2,1H3. The predicted octanol–water partition coefficient (Wildman–Crippen LogP) is 2.40. The average Bonchev–Trinajstić information content (AvgIpc) is 2.25. The van der Waals surface area contributed by atoms with Crippen molar-refractivity contribution in [2.75, 3.05) is 5.88 Å². The van der Waals surface area contributed by atoms with E-state index in [-0.39, 0.29) is 5.88 Å². The zero-order valence-electron chi connectivity index (χ0n) is 8.69. The van der Waals surface area contributed by atoms with Gasteiger partial charge < -0.3 is 9.84 Å². The van der Waals surface area contributed by atoms with Gasteiger partial charge in [0, 0.05) is 0 Å². The molecule has 16 heavy (non-hydrogen) atoms. The summed E-state index contributed by atoms with van der Waals surface area (Å²) in [5.74, 6) is -0.637. The molecule has 0 saturated carbocycles. The maximum absolute atomic E-state index is 11.6. The van der Waals surface area contributed by atoms with Crippen molar-refractivity contribution in [2.24, 2.45) is 0 Å². The van der Waals surface area contributed by atoms with Crippen molar-refractivity contribution in [3.63, 3.8) is 0 Å². The number of aliphatic hydroxyl groups is 1. The van der Waals surface area contributed by atoms with E-state index in [0.717, 1.165) is 0 Å². The van der Waals surface area contributed by atoms with Crippen LogP contribution in [0.3, 0.4) is 0 Å². The zero-order chi connectivity index (χ0) is 12.2. The van der Waals surface area contributed by atoms with Crippen LogP contribution in [0.4, 0.5) is 0 Å². The Balaban J connectivity index is 2.71. The number of rotatable bonds is 4. The highest BCUT2D eigenvalue weighted by Crippen LogP contribution is 2.20. The molecule has 5 heteroatoms. The Morgan fingerprint density at radius 1 is 1.50 bits per heavy atom. The number of benzene rings is 1. The van der Waals surface area contributed by atoms with E-state index in [0.29, 0.717) is 5.56 Å². The fraction of sp³-hybridized carbons (Fsp3) is 0.364. The van der Waals surface area contributed by atoms with E-state index in [1.165, 1.54) is 6.92 Å². The molecular formula is C11H12Cl2O3. The van der Waals surface area contributed by atoms with Crippen molar-refractivity contribution >= 4 is 29.2 Å². The Morgan fingerprint density at radius 3 is 2.50 bits per heavy atom. The van der Waals surface area contributed by atoms with Gasteiger partial charge in [0.2, 0.25) is 0 Å². The Labute approximate surface area is 104 Å². The summed E-state index contributed by atoms with van der Waals surface area (Å²) in [5, 5.41) is 7.80. The molecule has 0 aliphatic rings. The maximum atomic E-state index is 11.6. The molecular weight excluding hydrogens is 251 g/mol. The number of carbonyl (C=O) groups is 1. The molecule has 3 nitrogen and oxygen atoms in total. The molecule has 0 spiro atoms. The Morgan fingerprint density at radius 2 is 2.06 bits per heavy atom. The first kappa shape index (κ1) is 13.3. The molecule has 2 atom stereocenters. The van der Waals surface area contributed by atoms with Crippen LogP contribution in [-0.4, -0.2) is 28.1 Å². The third-order valence-corrected chi connectivity index (χ3v) is 2.51. The molecule has 1 rings (SSSR count). The van der Waals surface area contributed by atoms with Gasteiger partial charge in [-0.1, -0.05) is 29.8 Å². The van der Waals surface area contributed by atoms with E-state index in [1.54, 1.807) is 30.3 Å². The summed E-state index contributed by atoms with van der Waals surface area (Å²) in [7, 11) is 0. The van der Waals surface area contributed by atoms with Crippen LogP contribution < -0.4 is 0 Å². The third kappa shape index (κ3) is 3.67. The van der Waals surface area contributed by atoms with Gasteiger partial charge in [-0.3, -0.25) is 0 Å². The van der Waals surface area contributed by atoms with Gasteiger partial charge in [0.1, 0.15) is 0 Å². The van der Waals surface area contributed by atoms with Crippen molar-refractivity contribution in [2.45, 2.75) is 18.1 Å². The molecule has 0 heterocycles. The lowest BCUT2D eigenvalue weighted by Crippen LogP contribution is -2.38. The summed E-state index contributed by atoms with van der Waals surface area (Å²) in [4.78, 5) is 11.6. The fourth-order valence-electron chi connectivity index (χ4n) is 1.05. The van der Waals surface area contributed by atoms with Gasteiger partial charge in [-0.25, -0.2) is 4.79 Å². The Bertz CT molecular complexity index is 346. The second-order valence-corrected chi connectivity index (χ2v) is 4.51. The minimum absolute atomic E-state index is 0.0743. The first-order valence-electron chi connectivity index (χ1n) is 4.68. The van der Waals surface area contributed by atoms with Gasteiger partial charge in [0.15, 0.2) is 11.2 Å². The van der Waals surface area contributed by atoms with E-state index in [1.807, 2.05) is 0 Å². The number of hydrogen-bond acceptors (Lipinski definition) is 3. The molecule has 88 valence electrons. The molecule has 0 radical (unpaired) electrons. The smallest absolute Gasteiger partial charge is 0.338 e. The minimum Gasteiger partial charge on any atom is -0.453 e. The normalized spacial score (nSPS) is 16.2. The molecule has 1 aromatic rings. The molecule has 1 aromatic carbocycles. The van der Waals surface area contributed by atoms with E-state index >= 15 is 0 Å². The molecule has 0 aliphatic heterocycles. The molecule has 2 unspecified atom stereocenters. The van der Waals surface area contributed by atoms with Gasteiger partial charge >= 0.3 is 5.97 Å². The summed E-state index contributed by atoms with van der Waals surface area (Å²) in [6.07, 6.45) is -0.955. The van der Waals surface area contributed by atoms with E-state index < -0.39 is 17.1 Å². The van der Waals surface area contributed by atoms with Crippen molar-refractivity contribution in [1.29, 1.82) is 0 Å². The number of alkyl halides is 2. The van der Waals surface area contributed by atoms with Crippen molar-refractivity contribution in [3.8, 4) is 0 Å². The molecule has 0 aromatic heterocycles. The summed E-state index contributed by atoms with van der Waals surface area (Å²) in [5.41, 5.74) is 0.388. The van der Waals surface area contributed by atoms with Gasteiger partial charge in [-0.2, -0.15) is 0 Å². The first-order chi connectivity index (χ1) is 7.45. The highest BCUT2D eigenvalue weighted by atomic mass is 35.5. The summed E-state index contributed by atoms with van der Waals surface area (Å²) >= 11 is 11.2. The quantitative estimate of drug-likeness (QED) is 0.670. The van der Waals surface area contributed by atoms with Crippen LogP contribution >= 0.6 is 23.2 Å². The molecule has 0 amide bonds. The predicted molar refractivity (Wildman–Crippen MR) is 62.8 cm³/mol. The third-order valence-electron chi connectivity index (χ3n) is 1.99. The minimum atomic E-state index is -1.67. The topological polar surface area (TPSA) is 46.5 Å². The number of carbonyl (C=O) groups excluding carboxylic acids is 1. The largest absolute Gasteiger partial charge is 0.453 e. The highest BCUT2D eigenvalue weighted by molar-refractivity contribution is 6.24. The molecule has 0 fully saturated rings. The van der Waals surface area contributed by atoms with Crippen molar-refractivity contribution in [3.05, 3.63) is 35.9 Å². The van der Waals surface area contributed by atoms with E-state index in [2.05, 4.69) is 0 Å².